The monoisotopic (exact) mass is 395 g/mol. The van der Waals surface area contributed by atoms with Crippen LogP contribution in [0.1, 0.15) is 53.9 Å². The minimum atomic E-state index is -1.01. The van der Waals surface area contributed by atoms with Crippen molar-refractivity contribution in [3.8, 4) is 0 Å². The second kappa shape index (κ2) is 7.98. The number of rotatable bonds is 7. The lowest BCUT2D eigenvalue weighted by Crippen LogP contribution is -2.41. The number of fused-ring (bicyclic) bond motifs is 2. The average molecular weight is 395 g/mol. The van der Waals surface area contributed by atoms with Crippen molar-refractivity contribution in [2.45, 2.75) is 58.7 Å². The van der Waals surface area contributed by atoms with E-state index in [4.69, 9.17) is 9.47 Å². The van der Waals surface area contributed by atoms with Gasteiger partial charge in [0.1, 0.15) is 5.00 Å². The van der Waals surface area contributed by atoms with E-state index in [0.717, 1.165) is 10.4 Å². The number of carbonyl (C=O) groups is 3. The molecular weight excluding hydrogens is 370 g/mol. The number of carboxylic acids is 1. The van der Waals surface area contributed by atoms with Crippen LogP contribution in [0.2, 0.25) is 0 Å². The van der Waals surface area contributed by atoms with E-state index in [2.05, 4.69) is 5.32 Å². The maximum Gasteiger partial charge on any atom is 0.341 e. The van der Waals surface area contributed by atoms with E-state index in [-0.39, 0.29) is 6.10 Å². The number of aliphatic carboxylic acids is 1. The van der Waals surface area contributed by atoms with Gasteiger partial charge in [-0.25, -0.2) is 4.79 Å². The molecule has 8 heteroatoms. The molecule has 2 bridgehead atoms. The zero-order valence-corrected chi connectivity index (χ0v) is 16.6. The molecule has 0 spiro atoms. The van der Waals surface area contributed by atoms with Crippen molar-refractivity contribution >= 4 is 34.2 Å². The van der Waals surface area contributed by atoms with E-state index in [1.165, 1.54) is 11.3 Å². The Morgan fingerprint density at radius 3 is 2.48 bits per heavy atom. The Hall–Kier alpha value is -1.93. The summed E-state index contributed by atoms with van der Waals surface area (Å²) in [4.78, 5) is 38.0. The van der Waals surface area contributed by atoms with E-state index in [0.29, 0.717) is 42.9 Å². The number of nitrogens with one attached hydrogen (secondary N) is 1. The van der Waals surface area contributed by atoms with Crippen LogP contribution in [0.4, 0.5) is 5.00 Å². The highest BCUT2D eigenvalue weighted by Gasteiger charge is 2.55. The minimum Gasteiger partial charge on any atom is -0.481 e. The second-order valence-electron chi connectivity index (χ2n) is 7.00. The van der Waals surface area contributed by atoms with Crippen LogP contribution < -0.4 is 5.32 Å². The molecule has 1 aromatic rings. The molecule has 2 aliphatic heterocycles. The number of amides is 1. The SMILES string of the molecule is CCCOC(=O)c1c(NC(=O)[C@H]2[C@@H](C(=O)O)[C@H]3CC[C@H]2O3)sc(C)c1CC. The first kappa shape index (κ1) is 19.8. The lowest BCUT2D eigenvalue weighted by molar-refractivity contribution is -0.147. The molecule has 0 radical (unpaired) electrons. The van der Waals surface area contributed by atoms with Crippen molar-refractivity contribution in [3.63, 3.8) is 0 Å². The molecule has 0 aliphatic carbocycles. The predicted molar refractivity (Wildman–Crippen MR) is 100 cm³/mol. The van der Waals surface area contributed by atoms with Crippen molar-refractivity contribution < 1.29 is 29.0 Å². The Morgan fingerprint density at radius 2 is 1.89 bits per heavy atom. The molecule has 2 aliphatic rings. The van der Waals surface area contributed by atoms with Crippen molar-refractivity contribution in [2.75, 3.05) is 11.9 Å². The molecule has 148 valence electrons. The highest BCUT2D eigenvalue weighted by molar-refractivity contribution is 7.16. The van der Waals surface area contributed by atoms with Gasteiger partial charge in [0.25, 0.3) is 0 Å². The molecule has 3 heterocycles. The summed E-state index contributed by atoms with van der Waals surface area (Å²) in [7, 11) is 0. The zero-order valence-electron chi connectivity index (χ0n) is 15.7. The Bertz CT molecular complexity index is 758. The standard InChI is InChI=1S/C19H25NO6S/c1-4-8-25-19(24)13-10(5-2)9(3)27-17(13)20-16(21)14-11-6-7-12(26-11)15(14)18(22)23/h11-12,14-15H,4-8H2,1-3H3,(H,20,21)(H,22,23)/t11-,12-,14-,15+/m1/s1. The van der Waals surface area contributed by atoms with Crippen LogP contribution in [0, 0.1) is 18.8 Å². The van der Waals surface area contributed by atoms with Gasteiger partial charge in [0, 0.05) is 4.88 Å². The first-order valence-corrected chi connectivity index (χ1v) is 10.2. The molecule has 27 heavy (non-hydrogen) atoms. The van der Waals surface area contributed by atoms with Crippen LogP contribution in [0.3, 0.4) is 0 Å². The van der Waals surface area contributed by atoms with Gasteiger partial charge in [0.05, 0.1) is 36.2 Å². The molecular formula is C19H25NO6S. The Balaban J connectivity index is 1.85. The molecule has 4 atom stereocenters. The number of aryl methyl sites for hydroxylation is 1. The fourth-order valence-corrected chi connectivity index (χ4v) is 5.23. The number of carboxylic acid groups (broad SMARTS) is 1. The molecule has 1 aromatic heterocycles. The van der Waals surface area contributed by atoms with Crippen LogP contribution in [-0.2, 0) is 25.5 Å². The summed E-state index contributed by atoms with van der Waals surface area (Å²) in [5.41, 5.74) is 1.24. The summed E-state index contributed by atoms with van der Waals surface area (Å²) in [5.74, 6) is -3.45. The van der Waals surface area contributed by atoms with E-state index < -0.39 is 35.8 Å². The summed E-state index contributed by atoms with van der Waals surface area (Å²) in [5, 5.41) is 12.8. The predicted octanol–water partition coefficient (Wildman–Crippen LogP) is 3.00. The summed E-state index contributed by atoms with van der Waals surface area (Å²) < 4.78 is 11.0. The molecule has 0 saturated carbocycles. The third-order valence-electron chi connectivity index (χ3n) is 5.30. The van der Waals surface area contributed by atoms with Crippen molar-refractivity contribution in [3.05, 3.63) is 16.0 Å². The fraction of sp³-hybridized carbons (Fsp3) is 0.632. The number of ether oxygens (including phenoxy) is 2. The normalized spacial score (nSPS) is 26.2. The van der Waals surface area contributed by atoms with Gasteiger partial charge in [-0.1, -0.05) is 13.8 Å². The van der Waals surface area contributed by atoms with Gasteiger partial charge in [0.15, 0.2) is 0 Å². The number of hydrogen-bond donors (Lipinski definition) is 2. The smallest absolute Gasteiger partial charge is 0.341 e. The first-order valence-electron chi connectivity index (χ1n) is 9.37. The number of carbonyl (C=O) groups excluding carboxylic acids is 2. The van der Waals surface area contributed by atoms with Crippen LogP contribution in [-0.4, -0.2) is 41.8 Å². The molecule has 2 saturated heterocycles. The van der Waals surface area contributed by atoms with Crippen LogP contribution in [0.5, 0.6) is 0 Å². The molecule has 2 fully saturated rings. The average Bonchev–Trinajstić information content (AvgIpc) is 3.31. The van der Waals surface area contributed by atoms with Gasteiger partial charge in [-0.15, -0.1) is 11.3 Å². The van der Waals surface area contributed by atoms with Gasteiger partial charge in [-0.3, -0.25) is 9.59 Å². The molecule has 2 N–H and O–H groups in total. The van der Waals surface area contributed by atoms with E-state index >= 15 is 0 Å². The first-order chi connectivity index (χ1) is 12.9. The summed E-state index contributed by atoms with van der Waals surface area (Å²) in [6.45, 7) is 6.07. The third-order valence-corrected chi connectivity index (χ3v) is 6.36. The molecule has 3 rings (SSSR count). The number of anilines is 1. The molecule has 0 unspecified atom stereocenters. The quantitative estimate of drug-likeness (QED) is 0.688. The lowest BCUT2D eigenvalue weighted by Gasteiger charge is -2.23. The van der Waals surface area contributed by atoms with E-state index in [9.17, 15) is 19.5 Å². The lowest BCUT2D eigenvalue weighted by atomic mass is 9.79. The zero-order chi connectivity index (χ0) is 19.7. The van der Waals surface area contributed by atoms with E-state index in [1.54, 1.807) is 0 Å². The molecule has 1 amide bonds. The van der Waals surface area contributed by atoms with Gasteiger partial charge >= 0.3 is 11.9 Å². The minimum absolute atomic E-state index is 0.311. The Morgan fingerprint density at radius 1 is 1.22 bits per heavy atom. The third kappa shape index (κ3) is 3.60. The van der Waals surface area contributed by atoms with Crippen molar-refractivity contribution in [2.24, 2.45) is 11.8 Å². The van der Waals surface area contributed by atoms with E-state index in [1.807, 2.05) is 20.8 Å². The maximum atomic E-state index is 12.9. The number of esters is 1. The second-order valence-corrected chi connectivity index (χ2v) is 8.22. The molecule has 0 aromatic carbocycles. The van der Waals surface area contributed by atoms with Crippen molar-refractivity contribution in [1.29, 1.82) is 0 Å². The number of thiophene rings is 1. The van der Waals surface area contributed by atoms with Crippen LogP contribution in [0.25, 0.3) is 0 Å². The van der Waals surface area contributed by atoms with Crippen LogP contribution in [0.15, 0.2) is 0 Å². The highest BCUT2D eigenvalue weighted by atomic mass is 32.1. The van der Waals surface area contributed by atoms with Crippen molar-refractivity contribution in [1.82, 2.24) is 0 Å². The summed E-state index contributed by atoms with van der Waals surface area (Å²) in [6, 6.07) is 0. The van der Waals surface area contributed by atoms with Gasteiger partial charge in [0.2, 0.25) is 5.91 Å². The topological polar surface area (TPSA) is 102 Å². The Kier molecular flexibility index (Phi) is 5.86. The summed E-state index contributed by atoms with van der Waals surface area (Å²) >= 11 is 1.32. The molecule has 7 nitrogen and oxygen atoms in total. The van der Waals surface area contributed by atoms with Gasteiger partial charge in [-0.05, 0) is 38.2 Å². The van der Waals surface area contributed by atoms with Gasteiger partial charge < -0.3 is 19.9 Å². The fourth-order valence-electron chi connectivity index (χ4n) is 4.10. The summed E-state index contributed by atoms with van der Waals surface area (Å²) in [6.07, 6.45) is 1.91. The van der Waals surface area contributed by atoms with Crippen LogP contribution >= 0.6 is 11.3 Å². The van der Waals surface area contributed by atoms with Gasteiger partial charge in [-0.2, -0.15) is 0 Å². The number of hydrogen-bond acceptors (Lipinski definition) is 6. The highest BCUT2D eigenvalue weighted by Crippen LogP contribution is 2.44. The Labute approximate surface area is 162 Å². The largest absolute Gasteiger partial charge is 0.481 e. The maximum absolute atomic E-state index is 12.9.